The molecule has 0 amide bonds. The Balaban J connectivity index is 2.53. The van der Waals surface area contributed by atoms with Gasteiger partial charge in [0.05, 0.1) is 11.0 Å². The summed E-state index contributed by atoms with van der Waals surface area (Å²) in [5.74, 6) is 1.08. The lowest BCUT2D eigenvalue weighted by atomic mass is 10.0. The van der Waals surface area contributed by atoms with Crippen LogP contribution in [0.25, 0.3) is 11.0 Å². The predicted molar refractivity (Wildman–Crippen MR) is 79.7 cm³/mol. The smallest absolute Gasteiger partial charge is 0.111 e. The molecule has 1 heterocycles. The van der Waals surface area contributed by atoms with E-state index >= 15 is 0 Å². The van der Waals surface area contributed by atoms with Gasteiger partial charge >= 0.3 is 0 Å². The molecule has 0 bridgehead atoms. The fourth-order valence-electron chi connectivity index (χ4n) is 2.17. The molecule has 2 aromatic rings. The summed E-state index contributed by atoms with van der Waals surface area (Å²) in [5.41, 5.74) is 8.12. The summed E-state index contributed by atoms with van der Waals surface area (Å²) in [7, 11) is 0. The second kappa shape index (κ2) is 5.02. The molecule has 0 saturated heterocycles. The van der Waals surface area contributed by atoms with Crippen molar-refractivity contribution in [1.82, 2.24) is 9.55 Å². The molecule has 0 saturated carbocycles. The first kappa shape index (κ1) is 13.6. The highest BCUT2D eigenvalue weighted by atomic mass is 79.9. The Morgan fingerprint density at radius 2 is 2.11 bits per heavy atom. The molecule has 1 aromatic heterocycles. The number of fused-ring (bicyclic) bond motifs is 1. The van der Waals surface area contributed by atoms with Crippen molar-refractivity contribution in [3.63, 3.8) is 0 Å². The molecule has 4 heteroatoms. The maximum atomic E-state index is 6.12. The van der Waals surface area contributed by atoms with Gasteiger partial charge in [-0.15, -0.1) is 0 Å². The number of rotatable bonds is 4. The number of hydrogen-bond donors (Lipinski definition) is 1. The summed E-state index contributed by atoms with van der Waals surface area (Å²) in [5, 5.41) is 0. The molecule has 0 aliphatic rings. The zero-order valence-corrected chi connectivity index (χ0v) is 12.8. The fraction of sp³-hybridized carbons (Fsp3) is 0.500. The Morgan fingerprint density at radius 1 is 1.39 bits per heavy atom. The van der Waals surface area contributed by atoms with Gasteiger partial charge in [-0.2, -0.15) is 0 Å². The van der Waals surface area contributed by atoms with Crippen LogP contribution < -0.4 is 5.73 Å². The third-order valence-corrected chi connectivity index (χ3v) is 3.34. The average molecular weight is 310 g/mol. The van der Waals surface area contributed by atoms with Crippen molar-refractivity contribution in [2.75, 3.05) is 0 Å². The van der Waals surface area contributed by atoms with E-state index in [9.17, 15) is 0 Å². The standard InChI is InChI=1S/C14H20BrN3/c1-4-7-18-12-6-5-10(15)8-11(12)17-13(18)9-14(2,3)16/h5-6,8H,4,7,9,16H2,1-3H3. The second-order valence-electron chi connectivity index (χ2n) is 5.48. The summed E-state index contributed by atoms with van der Waals surface area (Å²) >= 11 is 3.49. The quantitative estimate of drug-likeness (QED) is 0.939. The van der Waals surface area contributed by atoms with Crippen LogP contribution in [0.3, 0.4) is 0 Å². The Labute approximate surface area is 117 Å². The van der Waals surface area contributed by atoms with Crippen molar-refractivity contribution >= 4 is 27.0 Å². The van der Waals surface area contributed by atoms with Crippen molar-refractivity contribution in [3.8, 4) is 0 Å². The molecular formula is C14H20BrN3. The average Bonchev–Trinajstić information content (AvgIpc) is 2.54. The molecule has 0 unspecified atom stereocenters. The molecule has 98 valence electrons. The molecule has 3 nitrogen and oxygen atoms in total. The number of nitrogens with zero attached hydrogens (tertiary/aromatic N) is 2. The zero-order chi connectivity index (χ0) is 13.3. The Kier molecular flexibility index (Phi) is 3.78. The number of benzene rings is 1. The SMILES string of the molecule is CCCn1c(CC(C)(C)N)nc2cc(Br)ccc21. The molecule has 2 N–H and O–H groups in total. The number of hydrogen-bond acceptors (Lipinski definition) is 2. The van der Waals surface area contributed by atoms with Crippen LogP contribution in [0.1, 0.15) is 33.0 Å². The minimum Gasteiger partial charge on any atom is -0.328 e. The van der Waals surface area contributed by atoms with Crippen molar-refractivity contribution in [3.05, 3.63) is 28.5 Å². The first-order chi connectivity index (χ1) is 8.40. The van der Waals surface area contributed by atoms with Gasteiger partial charge in [0.15, 0.2) is 0 Å². The van der Waals surface area contributed by atoms with Crippen LogP contribution in [0.2, 0.25) is 0 Å². The van der Waals surface area contributed by atoms with Crippen LogP contribution in [-0.4, -0.2) is 15.1 Å². The van der Waals surface area contributed by atoms with E-state index in [4.69, 9.17) is 10.7 Å². The Bertz CT molecular complexity index is 552. The minimum atomic E-state index is -0.232. The van der Waals surface area contributed by atoms with Crippen molar-refractivity contribution in [1.29, 1.82) is 0 Å². The van der Waals surface area contributed by atoms with Gasteiger partial charge in [0.25, 0.3) is 0 Å². The monoisotopic (exact) mass is 309 g/mol. The zero-order valence-electron chi connectivity index (χ0n) is 11.2. The Hall–Kier alpha value is -0.870. The van der Waals surface area contributed by atoms with E-state index in [2.05, 4.69) is 45.6 Å². The molecule has 0 radical (unpaired) electrons. The molecule has 0 fully saturated rings. The van der Waals surface area contributed by atoms with E-state index in [0.717, 1.165) is 35.2 Å². The van der Waals surface area contributed by atoms with E-state index in [1.54, 1.807) is 0 Å². The summed E-state index contributed by atoms with van der Waals surface area (Å²) in [6.07, 6.45) is 1.89. The molecule has 0 aliphatic heterocycles. The van der Waals surface area contributed by atoms with Crippen molar-refractivity contribution in [2.45, 2.75) is 45.7 Å². The largest absolute Gasteiger partial charge is 0.328 e. The molecule has 2 rings (SSSR count). The maximum Gasteiger partial charge on any atom is 0.111 e. The van der Waals surface area contributed by atoms with Gasteiger partial charge in [-0.05, 0) is 38.5 Å². The van der Waals surface area contributed by atoms with Gasteiger partial charge < -0.3 is 10.3 Å². The van der Waals surface area contributed by atoms with Crippen molar-refractivity contribution in [2.24, 2.45) is 5.73 Å². The van der Waals surface area contributed by atoms with Crippen LogP contribution in [0.15, 0.2) is 22.7 Å². The third kappa shape index (κ3) is 2.93. The van der Waals surface area contributed by atoms with Crippen LogP contribution >= 0.6 is 15.9 Å². The van der Waals surface area contributed by atoms with Gasteiger partial charge in [-0.3, -0.25) is 0 Å². The second-order valence-corrected chi connectivity index (χ2v) is 6.39. The first-order valence-corrected chi connectivity index (χ1v) is 7.13. The predicted octanol–water partition coefficient (Wildman–Crippen LogP) is 3.49. The maximum absolute atomic E-state index is 6.12. The lowest BCUT2D eigenvalue weighted by molar-refractivity contribution is 0.486. The first-order valence-electron chi connectivity index (χ1n) is 6.34. The number of imidazole rings is 1. The molecular weight excluding hydrogens is 290 g/mol. The van der Waals surface area contributed by atoms with Crippen LogP contribution in [-0.2, 0) is 13.0 Å². The number of aromatic nitrogens is 2. The molecule has 1 aromatic carbocycles. The lowest BCUT2D eigenvalue weighted by Crippen LogP contribution is -2.35. The van der Waals surface area contributed by atoms with E-state index < -0.39 is 0 Å². The highest BCUT2D eigenvalue weighted by Gasteiger charge is 2.18. The highest BCUT2D eigenvalue weighted by Crippen LogP contribution is 2.23. The van der Waals surface area contributed by atoms with Gasteiger partial charge in [0.1, 0.15) is 5.82 Å². The fourth-order valence-corrected chi connectivity index (χ4v) is 2.52. The third-order valence-electron chi connectivity index (χ3n) is 2.85. The van der Waals surface area contributed by atoms with E-state index in [-0.39, 0.29) is 5.54 Å². The summed E-state index contributed by atoms with van der Waals surface area (Å²) in [6, 6.07) is 6.25. The van der Waals surface area contributed by atoms with Crippen molar-refractivity contribution < 1.29 is 0 Å². The molecule has 18 heavy (non-hydrogen) atoms. The molecule has 0 aliphatic carbocycles. The number of nitrogens with two attached hydrogens (primary N) is 1. The minimum absolute atomic E-state index is 0.232. The number of halogens is 1. The van der Waals surface area contributed by atoms with Gasteiger partial charge in [0, 0.05) is 23.0 Å². The van der Waals surface area contributed by atoms with Crippen LogP contribution in [0.5, 0.6) is 0 Å². The number of aryl methyl sites for hydroxylation is 1. The molecule has 0 spiro atoms. The topological polar surface area (TPSA) is 43.8 Å². The van der Waals surface area contributed by atoms with E-state index in [0.29, 0.717) is 0 Å². The van der Waals surface area contributed by atoms with Gasteiger partial charge in [-0.1, -0.05) is 22.9 Å². The van der Waals surface area contributed by atoms with Gasteiger partial charge in [-0.25, -0.2) is 4.98 Å². The van der Waals surface area contributed by atoms with Crippen LogP contribution in [0, 0.1) is 0 Å². The molecule has 0 atom stereocenters. The van der Waals surface area contributed by atoms with E-state index in [1.807, 2.05) is 13.8 Å². The lowest BCUT2D eigenvalue weighted by Gasteiger charge is -2.18. The Morgan fingerprint density at radius 3 is 2.72 bits per heavy atom. The summed E-state index contributed by atoms with van der Waals surface area (Å²) < 4.78 is 3.35. The normalized spacial score (nSPS) is 12.3. The highest BCUT2D eigenvalue weighted by molar-refractivity contribution is 9.10. The summed E-state index contributed by atoms with van der Waals surface area (Å²) in [4.78, 5) is 4.73. The van der Waals surface area contributed by atoms with Crippen LogP contribution in [0.4, 0.5) is 0 Å². The summed E-state index contributed by atoms with van der Waals surface area (Å²) in [6.45, 7) is 7.25. The van der Waals surface area contributed by atoms with Gasteiger partial charge in [0.2, 0.25) is 0 Å². The van der Waals surface area contributed by atoms with E-state index in [1.165, 1.54) is 5.52 Å².